The number of amides is 1. The SMILES string of the molecule is O=C(/C=C/c1ccc2c(c1)CCO2)N(Cc1ccccc1)C1CC1. The first kappa shape index (κ1) is 15.0. The first-order valence-electron chi connectivity index (χ1n) is 8.58. The van der Waals surface area contributed by atoms with Gasteiger partial charge in [0.25, 0.3) is 0 Å². The third-order valence-electron chi connectivity index (χ3n) is 4.60. The molecular weight excluding hydrogens is 298 g/mol. The summed E-state index contributed by atoms with van der Waals surface area (Å²) in [5.74, 6) is 1.07. The van der Waals surface area contributed by atoms with E-state index in [2.05, 4.69) is 18.2 Å². The van der Waals surface area contributed by atoms with E-state index in [1.807, 2.05) is 41.3 Å². The van der Waals surface area contributed by atoms with E-state index in [0.717, 1.165) is 37.2 Å². The van der Waals surface area contributed by atoms with Crippen LogP contribution in [0.4, 0.5) is 0 Å². The summed E-state index contributed by atoms with van der Waals surface area (Å²) in [5, 5.41) is 0. The number of ether oxygens (including phenoxy) is 1. The number of carbonyl (C=O) groups is 1. The standard InChI is InChI=1S/C21H21NO2/c23-21(11-7-16-6-10-20-18(14-16)12-13-24-20)22(19-8-9-19)15-17-4-2-1-3-5-17/h1-7,10-11,14,19H,8-9,12-13,15H2/b11-7+. The molecular formula is C21H21NO2. The summed E-state index contributed by atoms with van der Waals surface area (Å²) in [6.07, 6.45) is 6.80. The lowest BCUT2D eigenvalue weighted by molar-refractivity contribution is -0.127. The molecule has 122 valence electrons. The van der Waals surface area contributed by atoms with E-state index in [1.54, 1.807) is 6.08 Å². The van der Waals surface area contributed by atoms with Crippen LogP contribution in [0.15, 0.2) is 54.6 Å². The molecule has 2 aliphatic rings. The summed E-state index contributed by atoms with van der Waals surface area (Å²) in [6, 6.07) is 16.7. The average Bonchev–Trinajstić information content (AvgIpc) is 3.35. The quantitative estimate of drug-likeness (QED) is 0.784. The van der Waals surface area contributed by atoms with Crippen molar-refractivity contribution in [1.29, 1.82) is 0 Å². The summed E-state index contributed by atoms with van der Waals surface area (Å²) >= 11 is 0. The van der Waals surface area contributed by atoms with Gasteiger partial charge >= 0.3 is 0 Å². The van der Waals surface area contributed by atoms with Gasteiger partial charge in [-0.3, -0.25) is 4.79 Å². The van der Waals surface area contributed by atoms with Crippen molar-refractivity contribution in [3.05, 3.63) is 71.3 Å². The van der Waals surface area contributed by atoms with Crippen LogP contribution in [-0.4, -0.2) is 23.5 Å². The van der Waals surface area contributed by atoms with Crippen molar-refractivity contribution in [3.63, 3.8) is 0 Å². The summed E-state index contributed by atoms with van der Waals surface area (Å²) in [5.41, 5.74) is 3.47. The maximum atomic E-state index is 12.7. The van der Waals surface area contributed by atoms with Crippen LogP contribution < -0.4 is 4.74 Å². The molecule has 0 spiro atoms. The molecule has 2 aromatic carbocycles. The Morgan fingerprint density at radius 1 is 1.17 bits per heavy atom. The summed E-state index contributed by atoms with van der Waals surface area (Å²) in [7, 11) is 0. The van der Waals surface area contributed by atoms with E-state index in [1.165, 1.54) is 11.1 Å². The van der Waals surface area contributed by atoms with Gasteiger partial charge in [0.1, 0.15) is 5.75 Å². The third kappa shape index (κ3) is 3.35. The molecule has 0 unspecified atom stereocenters. The Kier molecular flexibility index (Phi) is 4.08. The van der Waals surface area contributed by atoms with Crippen molar-refractivity contribution in [2.75, 3.05) is 6.61 Å². The number of hydrogen-bond acceptors (Lipinski definition) is 2. The zero-order valence-electron chi connectivity index (χ0n) is 13.7. The highest BCUT2D eigenvalue weighted by molar-refractivity contribution is 5.92. The van der Waals surface area contributed by atoms with E-state index in [4.69, 9.17) is 4.74 Å². The maximum absolute atomic E-state index is 12.7. The zero-order chi connectivity index (χ0) is 16.4. The lowest BCUT2D eigenvalue weighted by atomic mass is 10.1. The Morgan fingerprint density at radius 3 is 2.79 bits per heavy atom. The molecule has 0 radical (unpaired) electrons. The van der Waals surface area contributed by atoms with Gasteiger partial charge in [0.15, 0.2) is 0 Å². The molecule has 0 aromatic heterocycles. The van der Waals surface area contributed by atoms with Crippen LogP contribution in [0, 0.1) is 0 Å². The lowest BCUT2D eigenvalue weighted by Gasteiger charge is -2.21. The first-order valence-corrected chi connectivity index (χ1v) is 8.58. The fourth-order valence-electron chi connectivity index (χ4n) is 3.13. The largest absolute Gasteiger partial charge is 0.493 e. The molecule has 0 saturated heterocycles. The number of rotatable bonds is 5. The Hall–Kier alpha value is -2.55. The molecule has 24 heavy (non-hydrogen) atoms. The summed E-state index contributed by atoms with van der Waals surface area (Å²) in [4.78, 5) is 14.6. The number of benzene rings is 2. The Balaban J connectivity index is 1.47. The minimum absolute atomic E-state index is 0.0955. The summed E-state index contributed by atoms with van der Waals surface area (Å²) < 4.78 is 5.52. The normalized spacial score (nSPS) is 16.0. The second kappa shape index (κ2) is 6.52. The fourth-order valence-corrected chi connectivity index (χ4v) is 3.13. The average molecular weight is 319 g/mol. The highest BCUT2D eigenvalue weighted by atomic mass is 16.5. The van der Waals surface area contributed by atoms with E-state index in [9.17, 15) is 4.79 Å². The maximum Gasteiger partial charge on any atom is 0.247 e. The minimum Gasteiger partial charge on any atom is -0.493 e. The van der Waals surface area contributed by atoms with Crippen molar-refractivity contribution in [2.45, 2.75) is 31.8 Å². The van der Waals surface area contributed by atoms with E-state index >= 15 is 0 Å². The highest BCUT2D eigenvalue weighted by Crippen LogP contribution is 2.29. The van der Waals surface area contributed by atoms with Crippen molar-refractivity contribution in [2.24, 2.45) is 0 Å². The number of carbonyl (C=O) groups excluding carboxylic acids is 1. The molecule has 1 amide bonds. The Bertz CT molecular complexity index is 763. The second-order valence-corrected chi connectivity index (χ2v) is 6.48. The highest BCUT2D eigenvalue weighted by Gasteiger charge is 2.31. The first-order chi connectivity index (χ1) is 11.8. The predicted octanol–water partition coefficient (Wildman–Crippen LogP) is 3.83. The number of nitrogens with zero attached hydrogens (tertiary/aromatic N) is 1. The van der Waals surface area contributed by atoms with Crippen LogP contribution in [0.3, 0.4) is 0 Å². The molecule has 1 saturated carbocycles. The van der Waals surface area contributed by atoms with Crippen molar-refractivity contribution < 1.29 is 9.53 Å². The predicted molar refractivity (Wildman–Crippen MR) is 94.7 cm³/mol. The lowest BCUT2D eigenvalue weighted by Crippen LogP contribution is -2.31. The molecule has 0 atom stereocenters. The van der Waals surface area contributed by atoms with Crippen LogP contribution in [0.1, 0.15) is 29.5 Å². The molecule has 2 aromatic rings. The Morgan fingerprint density at radius 2 is 2.00 bits per heavy atom. The van der Waals surface area contributed by atoms with Gasteiger partial charge in [-0.15, -0.1) is 0 Å². The molecule has 3 heteroatoms. The minimum atomic E-state index is 0.0955. The van der Waals surface area contributed by atoms with E-state index in [0.29, 0.717) is 12.6 Å². The summed E-state index contributed by atoms with van der Waals surface area (Å²) in [6.45, 7) is 1.45. The van der Waals surface area contributed by atoms with Crippen molar-refractivity contribution >= 4 is 12.0 Å². The van der Waals surface area contributed by atoms with Gasteiger partial charge in [-0.05, 0) is 47.7 Å². The van der Waals surface area contributed by atoms with Crippen LogP contribution in [0.2, 0.25) is 0 Å². The Labute approximate surface area is 142 Å². The van der Waals surface area contributed by atoms with Gasteiger partial charge < -0.3 is 9.64 Å². The fraction of sp³-hybridized carbons (Fsp3) is 0.286. The van der Waals surface area contributed by atoms with Gasteiger partial charge in [0.05, 0.1) is 6.61 Å². The van der Waals surface area contributed by atoms with Crippen LogP contribution in [-0.2, 0) is 17.8 Å². The molecule has 0 bridgehead atoms. The van der Waals surface area contributed by atoms with Crippen molar-refractivity contribution in [3.8, 4) is 5.75 Å². The molecule has 1 heterocycles. The molecule has 1 aliphatic heterocycles. The zero-order valence-corrected chi connectivity index (χ0v) is 13.7. The van der Waals surface area contributed by atoms with Crippen molar-refractivity contribution in [1.82, 2.24) is 4.90 Å². The molecule has 1 fully saturated rings. The van der Waals surface area contributed by atoms with Gasteiger partial charge in [-0.25, -0.2) is 0 Å². The van der Waals surface area contributed by atoms with E-state index < -0.39 is 0 Å². The monoisotopic (exact) mass is 319 g/mol. The number of hydrogen-bond donors (Lipinski definition) is 0. The molecule has 3 nitrogen and oxygen atoms in total. The van der Waals surface area contributed by atoms with Crippen LogP contribution in [0.25, 0.3) is 6.08 Å². The molecule has 4 rings (SSSR count). The van der Waals surface area contributed by atoms with Gasteiger partial charge in [-0.1, -0.05) is 36.4 Å². The van der Waals surface area contributed by atoms with Gasteiger partial charge in [0.2, 0.25) is 5.91 Å². The van der Waals surface area contributed by atoms with Gasteiger partial charge in [-0.2, -0.15) is 0 Å². The second-order valence-electron chi connectivity index (χ2n) is 6.48. The van der Waals surface area contributed by atoms with E-state index in [-0.39, 0.29) is 5.91 Å². The molecule has 1 aliphatic carbocycles. The number of fused-ring (bicyclic) bond motifs is 1. The van der Waals surface area contributed by atoms with Crippen LogP contribution in [0.5, 0.6) is 5.75 Å². The van der Waals surface area contributed by atoms with Crippen LogP contribution >= 0.6 is 0 Å². The van der Waals surface area contributed by atoms with Gasteiger partial charge in [0, 0.05) is 25.1 Å². The third-order valence-corrected chi connectivity index (χ3v) is 4.60. The smallest absolute Gasteiger partial charge is 0.247 e. The topological polar surface area (TPSA) is 29.5 Å². The molecule has 0 N–H and O–H groups in total.